The summed E-state index contributed by atoms with van der Waals surface area (Å²) in [6.07, 6.45) is 5.12. The molecule has 2 aromatic rings. The molecule has 4 atom stereocenters. The van der Waals surface area contributed by atoms with Crippen molar-refractivity contribution in [2.24, 2.45) is 0 Å². The van der Waals surface area contributed by atoms with Crippen LogP contribution in [0.3, 0.4) is 0 Å². The molecule has 4 rings (SSSR count). The zero-order chi connectivity index (χ0) is 18.6. The molecule has 0 aliphatic carbocycles. The molecule has 2 bridgehead atoms. The van der Waals surface area contributed by atoms with E-state index in [0.717, 1.165) is 33.6 Å². The monoisotopic (exact) mass is 420 g/mol. The van der Waals surface area contributed by atoms with Gasteiger partial charge in [-0.05, 0) is 61.1 Å². The Morgan fingerprint density at radius 2 is 1.07 bits per heavy atom. The number of fused-ring (bicyclic) bond motifs is 2. The zero-order valence-corrected chi connectivity index (χ0v) is 17.7. The van der Waals surface area contributed by atoms with E-state index in [0.29, 0.717) is 12.1 Å². The zero-order valence-electron chi connectivity index (χ0n) is 15.3. The Labute approximate surface area is 176 Å². The first kappa shape index (κ1) is 19.6. The Hall–Kier alpha value is -0.710. The molecule has 0 spiro atoms. The van der Waals surface area contributed by atoms with Gasteiger partial charge < -0.3 is 10.6 Å². The Bertz CT molecular complexity index is 671. The van der Waals surface area contributed by atoms with Crippen molar-refractivity contribution in [1.82, 2.24) is 10.6 Å². The van der Waals surface area contributed by atoms with E-state index in [4.69, 9.17) is 23.2 Å². The van der Waals surface area contributed by atoms with Crippen molar-refractivity contribution in [3.8, 4) is 0 Å². The highest BCUT2D eigenvalue weighted by Gasteiger charge is 2.38. The van der Waals surface area contributed by atoms with Crippen LogP contribution in [0.5, 0.6) is 0 Å². The number of hydrogen-bond donors (Lipinski definition) is 2. The number of nitrogens with one attached hydrogen (secondary N) is 2. The summed E-state index contributed by atoms with van der Waals surface area (Å²) in [6.45, 7) is 1.86. The quantitative estimate of drug-likeness (QED) is 0.629. The SMILES string of the molecule is Clc1ccc(CN[C@@H]2CC[C@@H]3S[C@H]2CC[C@H]3NCc2ccc(Cl)cc2)cc1. The Morgan fingerprint density at radius 3 is 1.48 bits per heavy atom. The molecule has 0 saturated carbocycles. The van der Waals surface area contributed by atoms with E-state index in [1.165, 1.54) is 36.8 Å². The summed E-state index contributed by atoms with van der Waals surface area (Å²) >= 11 is 14.2. The summed E-state index contributed by atoms with van der Waals surface area (Å²) in [7, 11) is 0. The van der Waals surface area contributed by atoms with Crippen LogP contribution in [0.4, 0.5) is 0 Å². The average Bonchev–Trinajstić information content (AvgIpc) is 2.69. The lowest BCUT2D eigenvalue weighted by atomic mass is 9.91. The fourth-order valence-corrected chi connectivity index (χ4v) is 6.27. The van der Waals surface area contributed by atoms with E-state index in [1.54, 1.807) is 0 Å². The smallest absolute Gasteiger partial charge is 0.0406 e. The highest BCUT2D eigenvalue weighted by atomic mass is 35.5. The number of hydrogen-bond acceptors (Lipinski definition) is 3. The molecule has 0 amide bonds. The molecule has 2 nitrogen and oxygen atoms in total. The Balaban J connectivity index is 1.25. The second kappa shape index (κ2) is 9.19. The fourth-order valence-electron chi connectivity index (χ4n) is 4.18. The summed E-state index contributed by atoms with van der Waals surface area (Å²) in [5, 5.41) is 10.7. The minimum atomic E-state index is 0.624. The van der Waals surface area contributed by atoms with Crippen LogP contribution in [0.15, 0.2) is 48.5 Å². The third-order valence-electron chi connectivity index (χ3n) is 5.73. The van der Waals surface area contributed by atoms with E-state index >= 15 is 0 Å². The molecule has 2 heterocycles. The maximum atomic E-state index is 5.98. The van der Waals surface area contributed by atoms with Crippen molar-refractivity contribution in [1.29, 1.82) is 0 Å². The van der Waals surface area contributed by atoms with Crippen LogP contribution in [0, 0.1) is 0 Å². The largest absolute Gasteiger partial charge is 0.309 e. The second-order valence-electron chi connectivity index (χ2n) is 7.60. The summed E-state index contributed by atoms with van der Waals surface area (Å²) < 4.78 is 0. The minimum Gasteiger partial charge on any atom is -0.309 e. The first-order valence-electron chi connectivity index (χ1n) is 9.78. The molecule has 0 radical (unpaired) electrons. The van der Waals surface area contributed by atoms with Crippen LogP contribution in [0.2, 0.25) is 10.0 Å². The van der Waals surface area contributed by atoms with Crippen LogP contribution in [-0.2, 0) is 13.1 Å². The van der Waals surface area contributed by atoms with Gasteiger partial charge in [0.15, 0.2) is 0 Å². The van der Waals surface area contributed by atoms with Gasteiger partial charge in [0.1, 0.15) is 0 Å². The van der Waals surface area contributed by atoms with Gasteiger partial charge in [0.05, 0.1) is 0 Å². The fraction of sp³-hybridized carbons (Fsp3) is 0.455. The molecule has 5 heteroatoms. The molecule has 27 heavy (non-hydrogen) atoms. The summed E-state index contributed by atoms with van der Waals surface area (Å²) in [5.41, 5.74) is 2.62. The number of thioether (sulfide) groups is 1. The van der Waals surface area contributed by atoms with Gasteiger partial charge in [-0.3, -0.25) is 0 Å². The first-order valence-corrected chi connectivity index (χ1v) is 11.5. The predicted molar refractivity (Wildman–Crippen MR) is 118 cm³/mol. The van der Waals surface area contributed by atoms with Gasteiger partial charge in [0.25, 0.3) is 0 Å². The van der Waals surface area contributed by atoms with Crippen molar-refractivity contribution in [2.75, 3.05) is 0 Å². The maximum Gasteiger partial charge on any atom is 0.0406 e. The van der Waals surface area contributed by atoms with Crippen LogP contribution in [-0.4, -0.2) is 22.6 Å². The average molecular weight is 421 g/mol. The van der Waals surface area contributed by atoms with Crippen LogP contribution < -0.4 is 10.6 Å². The summed E-state index contributed by atoms with van der Waals surface area (Å²) in [6, 6.07) is 17.6. The summed E-state index contributed by atoms with van der Waals surface area (Å²) in [5.74, 6) is 0. The summed E-state index contributed by atoms with van der Waals surface area (Å²) in [4.78, 5) is 0. The van der Waals surface area contributed by atoms with Crippen molar-refractivity contribution >= 4 is 35.0 Å². The highest BCUT2D eigenvalue weighted by molar-refractivity contribution is 8.00. The normalized spacial score (nSPS) is 27.5. The molecule has 2 fully saturated rings. The van der Waals surface area contributed by atoms with E-state index in [-0.39, 0.29) is 0 Å². The number of benzene rings is 2. The van der Waals surface area contributed by atoms with Gasteiger partial charge in [-0.1, -0.05) is 47.5 Å². The molecule has 0 unspecified atom stereocenters. The van der Waals surface area contributed by atoms with Gasteiger partial charge in [0, 0.05) is 45.7 Å². The minimum absolute atomic E-state index is 0.624. The van der Waals surface area contributed by atoms with Crippen LogP contribution in [0.25, 0.3) is 0 Å². The molecule has 2 N–H and O–H groups in total. The predicted octanol–water partition coefficient (Wildman–Crippen LogP) is 5.67. The molecular weight excluding hydrogens is 395 g/mol. The van der Waals surface area contributed by atoms with E-state index in [9.17, 15) is 0 Å². The molecule has 2 saturated heterocycles. The standard InChI is InChI=1S/C22H26Cl2N2S/c23-17-5-1-15(2-6-17)13-25-19-9-11-22-20(10-12-21(19)27-22)26-14-16-3-7-18(24)8-4-16/h1-8,19-22,25-26H,9-14H2/t19-,20-,21+,22+/m1/s1. The third-order valence-corrected chi connectivity index (χ3v) is 8.07. The lowest BCUT2D eigenvalue weighted by Crippen LogP contribution is -2.51. The van der Waals surface area contributed by atoms with E-state index in [1.807, 2.05) is 24.3 Å². The molecule has 2 aliphatic heterocycles. The van der Waals surface area contributed by atoms with E-state index < -0.39 is 0 Å². The number of halogens is 2. The Kier molecular flexibility index (Phi) is 6.67. The van der Waals surface area contributed by atoms with Crippen LogP contribution in [0.1, 0.15) is 36.8 Å². The lowest BCUT2D eigenvalue weighted by molar-refractivity contribution is 0.330. The van der Waals surface area contributed by atoms with Gasteiger partial charge in [-0.15, -0.1) is 0 Å². The molecular formula is C22H26Cl2N2S. The van der Waals surface area contributed by atoms with E-state index in [2.05, 4.69) is 46.7 Å². The van der Waals surface area contributed by atoms with Gasteiger partial charge in [0.2, 0.25) is 0 Å². The maximum absolute atomic E-state index is 5.98. The van der Waals surface area contributed by atoms with Crippen molar-refractivity contribution in [3.63, 3.8) is 0 Å². The van der Waals surface area contributed by atoms with Crippen molar-refractivity contribution in [3.05, 3.63) is 69.7 Å². The van der Waals surface area contributed by atoms with Gasteiger partial charge >= 0.3 is 0 Å². The lowest BCUT2D eigenvalue weighted by Gasteiger charge is -2.44. The molecule has 144 valence electrons. The topological polar surface area (TPSA) is 24.1 Å². The molecule has 0 aromatic heterocycles. The Morgan fingerprint density at radius 1 is 0.667 bits per heavy atom. The number of rotatable bonds is 6. The van der Waals surface area contributed by atoms with Crippen LogP contribution >= 0.6 is 35.0 Å². The van der Waals surface area contributed by atoms with Crippen molar-refractivity contribution in [2.45, 2.75) is 61.4 Å². The van der Waals surface area contributed by atoms with Gasteiger partial charge in [-0.25, -0.2) is 0 Å². The first-order chi connectivity index (χ1) is 13.2. The molecule has 2 aliphatic rings. The second-order valence-corrected chi connectivity index (χ2v) is 9.95. The third kappa shape index (κ3) is 5.21. The van der Waals surface area contributed by atoms with Gasteiger partial charge in [-0.2, -0.15) is 11.8 Å². The highest BCUT2D eigenvalue weighted by Crippen LogP contribution is 2.42. The van der Waals surface area contributed by atoms with Crippen molar-refractivity contribution < 1.29 is 0 Å². The molecule has 2 aromatic carbocycles.